The minimum Gasteiger partial charge on any atom is -0.496 e. The van der Waals surface area contributed by atoms with Gasteiger partial charge in [-0.25, -0.2) is 4.79 Å². The van der Waals surface area contributed by atoms with Gasteiger partial charge in [0.05, 0.1) is 21.3 Å². The number of carbonyl (C=O) groups is 2. The molecule has 0 amide bonds. The molecule has 31 heavy (non-hydrogen) atoms. The zero-order valence-electron chi connectivity index (χ0n) is 17.9. The smallest absolute Gasteiger partial charge is 0.357 e. The molecule has 10 heteroatoms. The summed E-state index contributed by atoms with van der Waals surface area (Å²) in [5, 5.41) is 0. The number of benzene rings is 2. The van der Waals surface area contributed by atoms with Crippen molar-refractivity contribution in [2.45, 2.75) is 19.1 Å². The highest BCUT2D eigenvalue weighted by atomic mass is 31.0. The van der Waals surface area contributed by atoms with E-state index in [0.29, 0.717) is 11.3 Å². The number of rotatable bonds is 10. The van der Waals surface area contributed by atoms with Gasteiger partial charge in [0.15, 0.2) is 12.1 Å². The van der Waals surface area contributed by atoms with Crippen LogP contribution in [0.5, 0.6) is 17.2 Å². The first-order valence-corrected chi connectivity index (χ1v) is 9.46. The summed E-state index contributed by atoms with van der Waals surface area (Å²) in [6, 6.07) is 11.6. The van der Waals surface area contributed by atoms with E-state index >= 15 is 0 Å². The van der Waals surface area contributed by atoms with Crippen LogP contribution in [0.25, 0.3) is 0 Å². The monoisotopic (exact) mass is 453 g/mol. The molecule has 0 aliphatic rings. The lowest BCUT2D eigenvalue weighted by Crippen LogP contribution is -2.27. The van der Waals surface area contributed by atoms with Crippen LogP contribution in [0.3, 0.4) is 0 Å². The van der Waals surface area contributed by atoms with E-state index in [0.717, 1.165) is 0 Å². The highest BCUT2D eigenvalue weighted by Gasteiger charge is 2.36. The van der Waals surface area contributed by atoms with Crippen LogP contribution in [0.2, 0.25) is 0 Å². The fourth-order valence-corrected chi connectivity index (χ4v) is 2.64. The van der Waals surface area contributed by atoms with Crippen LogP contribution in [-0.2, 0) is 23.9 Å². The Balaban J connectivity index is 0.00000233. The van der Waals surface area contributed by atoms with Gasteiger partial charge in [0.1, 0.15) is 28.7 Å². The zero-order chi connectivity index (χ0) is 23.4. The third kappa shape index (κ3) is 6.75. The van der Waals surface area contributed by atoms with E-state index < -0.39 is 24.0 Å². The SMILES string of the molecule is COc1cc(OC)c(C(=O)C(C(=O)OOC(C)OC)c2ccccc2)c(OC)c1.O=[PH2+]. The fourth-order valence-electron chi connectivity index (χ4n) is 2.64. The van der Waals surface area contributed by atoms with Crippen LogP contribution >= 0.6 is 9.12 Å². The zero-order valence-corrected chi connectivity index (χ0v) is 19.1. The van der Waals surface area contributed by atoms with Crippen LogP contribution in [0.15, 0.2) is 42.5 Å². The number of hydrogen-bond acceptors (Lipinski definition) is 9. The third-order valence-electron chi connectivity index (χ3n) is 4.19. The minimum atomic E-state index is -1.31. The molecule has 2 aromatic rings. The summed E-state index contributed by atoms with van der Waals surface area (Å²) in [5.41, 5.74) is 0.512. The topological polar surface area (TPSA) is 107 Å². The maximum atomic E-state index is 13.5. The summed E-state index contributed by atoms with van der Waals surface area (Å²) in [5.74, 6) is -1.95. The van der Waals surface area contributed by atoms with Crippen LogP contribution in [0.4, 0.5) is 0 Å². The van der Waals surface area contributed by atoms with Gasteiger partial charge in [-0.05, 0) is 12.5 Å². The molecule has 0 aliphatic heterocycles. The second-order valence-corrected chi connectivity index (χ2v) is 5.92. The Morgan fingerprint density at radius 1 is 0.871 bits per heavy atom. The van der Waals surface area contributed by atoms with Gasteiger partial charge in [-0.1, -0.05) is 34.9 Å². The van der Waals surface area contributed by atoms with E-state index in [2.05, 4.69) is 0 Å². The van der Waals surface area contributed by atoms with Crippen molar-refractivity contribution in [1.82, 2.24) is 0 Å². The molecule has 0 saturated carbocycles. The van der Waals surface area contributed by atoms with Crippen molar-refractivity contribution in [2.75, 3.05) is 28.4 Å². The van der Waals surface area contributed by atoms with Gasteiger partial charge in [0.2, 0.25) is 0 Å². The Labute approximate surface area is 182 Å². The predicted molar refractivity (Wildman–Crippen MR) is 114 cm³/mol. The van der Waals surface area contributed by atoms with Gasteiger partial charge in [-0.2, -0.15) is 4.89 Å². The van der Waals surface area contributed by atoms with E-state index in [1.54, 1.807) is 37.3 Å². The summed E-state index contributed by atoms with van der Waals surface area (Å²) in [4.78, 5) is 36.0. The van der Waals surface area contributed by atoms with E-state index in [-0.39, 0.29) is 17.1 Å². The number of ketones is 1. The van der Waals surface area contributed by atoms with Crippen molar-refractivity contribution >= 4 is 20.9 Å². The van der Waals surface area contributed by atoms with Gasteiger partial charge in [0, 0.05) is 19.2 Å². The summed E-state index contributed by atoms with van der Waals surface area (Å²) >= 11 is 0. The molecule has 0 N–H and O–H groups in total. The van der Waals surface area contributed by atoms with E-state index in [1.165, 1.54) is 49.7 Å². The fraction of sp³-hybridized carbons (Fsp3) is 0.333. The molecule has 0 radical (unpaired) electrons. The molecule has 0 fully saturated rings. The van der Waals surface area contributed by atoms with Crippen molar-refractivity contribution < 1.29 is 42.9 Å². The molecule has 2 rings (SSSR count). The lowest BCUT2D eigenvalue weighted by Gasteiger charge is -2.19. The Hall–Kier alpha value is -3.00. The second-order valence-electron chi connectivity index (χ2n) is 5.92. The van der Waals surface area contributed by atoms with Gasteiger partial charge < -0.3 is 18.9 Å². The molecule has 0 bridgehead atoms. The highest BCUT2D eigenvalue weighted by molar-refractivity contribution is 7.00. The Kier molecular flexibility index (Phi) is 11.2. The average Bonchev–Trinajstić information content (AvgIpc) is 2.83. The molecular weight excluding hydrogens is 427 g/mol. The summed E-state index contributed by atoms with van der Waals surface area (Å²) in [7, 11) is 6.86. The molecule has 0 aliphatic carbocycles. The molecule has 168 valence electrons. The largest absolute Gasteiger partial charge is 0.496 e. The van der Waals surface area contributed by atoms with Crippen molar-refractivity contribution in [3.8, 4) is 17.2 Å². The molecule has 3 unspecified atom stereocenters. The maximum absolute atomic E-state index is 13.5. The minimum absolute atomic E-state index is 0.0846. The molecule has 0 saturated heterocycles. The molecule has 3 atom stereocenters. The van der Waals surface area contributed by atoms with Gasteiger partial charge in [-0.3, -0.25) is 9.68 Å². The summed E-state index contributed by atoms with van der Waals surface area (Å²) in [6.45, 7) is 1.54. The summed E-state index contributed by atoms with van der Waals surface area (Å²) in [6.07, 6.45) is -0.796. The first kappa shape index (κ1) is 26.0. The summed E-state index contributed by atoms with van der Waals surface area (Å²) < 4.78 is 29.0. The van der Waals surface area contributed by atoms with Crippen molar-refractivity contribution in [3.05, 3.63) is 53.6 Å². The lowest BCUT2D eigenvalue weighted by molar-refractivity contribution is -0.342. The normalized spacial score (nSPS) is 11.9. The van der Waals surface area contributed by atoms with E-state index in [9.17, 15) is 9.59 Å². The van der Waals surface area contributed by atoms with Crippen LogP contribution < -0.4 is 14.2 Å². The first-order chi connectivity index (χ1) is 15.0. The van der Waals surface area contributed by atoms with Crippen LogP contribution in [-0.4, -0.2) is 46.5 Å². The molecule has 0 spiro atoms. The standard InChI is InChI=1S/C21H24O8.H2OP/c1-13(24-2)28-29-21(23)18(14-9-7-6-8-10-14)20(22)19-16(26-4)11-15(25-3)12-17(19)27-5;1-2/h6-13,18H,1-5H3;2H2/q;+1. The van der Waals surface area contributed by atoms with Crippen LogP contribution in [0, 0.1) is 0 Å². The predicted octanol–water partition coefficient (Wildman–Crippen LogP) is 3.35. The quantitative estimate of drug-likeness (QED) is 0.134. The van der Waals surface area contributed by atoms with Crippen molar-refractivity contribution in [2.24, 2.45) is 0 Å². The third-order valence-corrected chi connectivity index (χ3v) is 4.19. The van der Waals surface area contributed by atoms with Gasteiger partial charge in [-0.15, -0.1) is 0 Å². The average molecular weight is 453 g/mol. The van der Waals surface area contributed by atoms with Gasteiger partial charge >= 0.3 is 15.1 Å². The Morgan fingerprint density at radius 2 is 1.42 bits per heavy atom. The molecule has 9 nitrogen and oxygen atoms in total. The second kappa shape index (κ2) is 13.3. The van der Waals surface area contributed by atoms with E-state index in [4.69, 9.17) is 33.3 Å². The number of hydrogen-bond donors (Lipinski definition) is 0. The number of ether oxygens (including phenoxy) is 4. The number of carbonyl (C=O) groups excluding carboxylic acids is 2. The van der Waals surface area contributed by atoms with E-state index in [1.807, 2.05) is 0 Å². The highest BCUT2D eigenvalue weighted by Crippen LogP contribution is 2.37. The van der Waals surface area contributed by atoms with Crippen molar-refractivity contribution in [1.29, 1.82) is 0 Å². The number of Topliss-reactive ketones (excluding diaryl/α,β-unsaturated/α-hetero) is 1. The number of methoxy groups -OCH3 is 4. The Morgan fingerprint density at radius 3 is 1.87 bits per heavy atom. The van der Waals surface area contributed by atoms with Crippen molar-refractivity contribution in [3.63, 3.8) is 0 Å². The maximum Gasteiger partial charge on any atom is 0.357 e. The molecule has 2 aromatic carbocycles. The van der Waals surface area contributed by atoms with Crippen LogP contribution in [0.1, 0.15) is 28.8 Å². The molecule has 0 aromatic heterocycles. The lowest BCUT2D eigenvalue weighted by atomic mass is 9.89. The molecule has 0 heterocycles. The van der Waals surface area contributed by atoms with Gasteiger partial charge in [0.25, 0.3) is 0 Å². The molecular formula is C21H26O9P+. The Bertz CT molecular complexity index is 832. The first-order valence-electron chi connectivity index (χ1n) is 8.99.